The van der Waals surface area contributed by atoms with Crippen molar-refractivity contribution in [3.63, 3.8) is 0 Å². The number of carbonyl (C=O) groups is 1. The third-order valence-electron chi connectivity index (χ3n) is 4.78. The number of ether oxygens (including phenoxy) is 1. The molecule has 1 saturated heterocycles. The third-order valence-corrected chi connectivity index (χ3v) is 4.78. The van der Waals surface area contributed by atoms with Crippen LogP contribution >= 0.6 is 0 Å². The lowest BCUT2D eigenvalue weighted by molar-refractivity contribution is 0.102. The fourth-order valence-corrected chi connectivity index (χ4v) is 3.25. The van der Waals surface area contributed by atoms with Crippen LogP contribution in [0, 0.1) is 5.82 Å². The van der Waals surface area contributed by atoms with E-state index in [1.54, 1.807) is 30.5 Å². The van der Waals surface area contributed by atoms with Crippen molar-refractivity contribution in [1.29, 1.82) is 0 Å². The maximum Gasteiger partial charge on any atom is 0.276 e. The van der Waals surface area contributed by atoms with Crippen LogP contribution in [0.2, 0.25) is 0 Å². The SMILES string of the molecule is O=C(Nc1ccc(OCc2ccccn2)c(F)c1)c1ccn(C2CCCNC2)n1. The third kappa shape index (κ3) is 4.78. The van der Waals surface area contributed by atoms with Gasteiger partial charge in [0.1, 0.15) is 6.61 Å². The van der Waals surface area contributed by atoms with Crippen molar-refractivity contribution < 1.29 is 13.9 Å². The summed E-state index contributed by atoms with van der Waals surface area (Å²) in [7, 11) is 0. The highest BCUT2D eigenvalue weighted by Crippen LogP contribution is 2.22. The van der Waals surface area contributed by atoms with Crippen LogP contribution in [0.4, 0.5) is 10.1 Å². The Balaban J connectivity index is 1.37. The summed E-state index contributed by atoms with van der Waals surface area (Å²) in [5.74, 6) is -0.839. The number of piperidine rings is 1. The Morgan fingerprint density at radius 2 is 2.24 bits per heavy atom. The molecule has 0 bridgehead atoms. The van der Waals surface area contributed by atoms with Gasteiger partial charge in [0.15, 0.2) is 17.3 Å². The molecule has 1 aliphatic rings. The molecule has 29 heavy (non-hydrogen) atoms. The van der Waals surface area contributed by atoms with Gasteiger partial charge in [0.2, 0.25) is 0 Å². The second kappa shape index (κ2) is 8.83. The number of nitrogens with one attached hydrogen (secondary N) is 2. The van der Waals surface area contributed by atoms with Crippen molar-refractivity contribution in [2.45, 2.75) is 25.5 Å². The minimum Gasteiger partial charge on any atom is -0.484 e. The zero-order valence-electron chi connectivity index (χ0n) is 15.8. The molecule has 4 rings (SSSR count). The van der Waals surface area contributed by atoms with E-state index in [1.165, 1.54) is 12.1 Å². The quantitative estimate of drug-likeness (QED) is 0.670. The molecule has 0 spiro atoms. The van der Waals surface area contributed by atoms with E-state index in [2.05, 4.69) is 20.7 Å². The highest BCUT2D eigenvalue weighted by molar-refractivity contribution is 6.02. The number of aromatic nitrogens is 3. The van der Waals surface area contributed by atoms with Crippen molar-refractivity contribution >= 4 is 11.6 Å². The summed E-state index contributed by atoms with van der Waals surface area (Å²) >= 11 is 0. The average Bonchev–Trinajstić information content (AvgIpc) is 3.25. The predicted octanol–water partition coefficient (Wildman–Crippen LogP) is 3.17. The Hall–Kier alpha value is -3.26. The standard InChI is InChI=1S/C21H22FN5O2/c22-18-12-15(6-7-20(18)29-14-16-4-1-2-10-24-16)25-21(28)19-8-11-27(26-19)17-5-3-9-23-13-17/h1-2,4,6-8,10-12,17,23H,3,5,9,13-14H2,(H,25,28). The molecule has 1 unspecified atom stereocenters. The lowest BCUT2D eigenvalue weighted by Crippen LogP contribution is -2.32. The minimum atomic E-state index is -0.558. The molecule has 1 aromatic carbocycles. The molecule has 0 saturated carbocycles. The lowest BCUT2D eigenvalue weighted by Gasteiger charge is -2.22. The number of amides is 1. The summed E-state index contributed by atoms with van der Waals surface area (Å²) in [4.78, 5) is 16.6. The molecule has 0 radical (unpaired) electrons. The van der Waals surface area contributed by atoms with E-state index in [4.69, 9.17) is 4.74 Å². The van der Waals surface area contributed by atoms with Gasteiger partial charge in [0, 0.05) is 30.7 Å². The van der Waals surface area contributed by atoms with E-state index in [0.29, 0.717) is 17.1 Å². The van der Waals surface area contributed by atoms with Crippen LogP contribution < -0.4 is 15.4 Å². The first-order valence-electron chi connectivity index (χ1n) is 9.58. The number of hydrogen-bond donors (Lipinski definition) is 2. The highest BCUT2D eigenvalue weighted by Gasteiger charge is 2.18. The molecule has 8 heteroatoms. The highest BCUT2D eigenvalue weighted by atomic mass is 19.1. The van der Waals surface area contributed by atoms with Gasteiger partial charge in [-0.05, 0) is 49.7 Å². The van der Waals surface area contributed by atoms with Crippen molar-refractivity contribution in [1.82, 2.24) is 20.1 Å². The number of benzene rings is 1. The maximum atomic E-state index is 14.3. The second-order valence-electron chi connectivity index (χ2n) is 6.89. The molecule has 2 N–H and O–H groups in total. The number of pyridine rings is 1. The Kier molecular flexibility index (Phi) is 5.81. The van der Waals surface area contributed by atoms with E-state index in [1.807, 2.05) is 16.9 Å². The summed E-state index contributed by atoms with van der Waals surface area (Å²) in [6.45, 7) is 2.02. The zero-order chi connectivity index (χ0) is 20.1. The normalized spacial score (nSPS) is 16.4. The van der Waals surface area contributed by atoms with Gasteiger partial charge in [0.05, 0.1) is 11.7 Å². The predicted molar refractivity (Wildman–Crippen MR) is 106 cm³/mol. The van der Waals surface area contributed by atoms with Crippen LogP contribution in [0.25, 0.3) is 0 Å². The van der Waals surface area contributed by atoms with Gasteiger partial charge in [-0.25, -0.2) is 4.39 Å². The minimum absolute atomic E-state index is 0.0997. The van der Waals surface area contributed by atoms with Crippen LogP contribution in [0.5, 0.6) is 5.75 Å². The van der Waals surface area contributed by atoms with E-state index in [9.17, 15) is 9.18 Å². The van der Waals surface area contributed by atoms with Crippen LogP contribution in [0.3, 0.4) is 0 Å². The van der Waals surface area contributed by atoms with E-state index >= 15 is 0 Å². The monoisotopic (exact) mass is 395 g/mol. The first-order valence-corrected chi connectivity index (χ1v) is 9.58. The van der Waals surface area contributed by atoms with E-state index < -0.39 is 5.82 Å². The second-order valence-corrected chi connectivity index (χ2v) is 6.89. The maximum absolute atomic E-state index is 14.3. The van der Waals surface area contributed by atoms with Crippen LogP contribution in [-0.2, 0) is 6.61 Å². The lowest BCUT2D eigenvalue weighted by atomic mass is 10.1. The Morgan fingerprint density at radius 1 is 1.31 bits per heavy atom. The number of hydrogen-bond acceptors (Lipinski definition) is 5. The van der Waals surface area contributed by atoms with Gasteiger partial charge in [-0.15, -0.1) is 0 Å². The molecule has 7 nitrogen and oxygen atoms in total. The van der Waals surface area contributed by atoms with E-state index in [0.717, 1.165) is 25.9 Å². The van der Waals surface area contributed by atoms with Crippen LogP contribution in [0.15, 0.2) is 54.9 Å². The first-order chi connectivity index (χ1) is 14.2. The molecular weight excluding hydrogens is 373 g/mol. The summed E-state index contributed by atoms with van der Waals surface area (Å²) in [6, 6.07) is 11.7. The number of rotatable bonds is 6. The van der Waals surface area contributed by atoms with Crippen LogP contribution in [-0.4, -0.2) is 33.8 Å². The van der Waals surface area contributed by atoms with E-state index in [-0.39, 0.29) is 24.3 Å². The summed E-state index contributed by atoms with van der Waals surface area (Å²) in [6.07, 6.45) is 5.57. The molecule has 3 aromatic rings. The molecule has 150 valence electrons. The smallest absolute Gasteiger partial charge is 0.276 e. The molecular formula is C21H22FN5O2. The van der Waals surface area contributed by atoms with Crippen molar-refractivity contribution in [3.05, 3.63) is 72.1 Å². The molecule has 1 amide bonds. The summed E-state index contributed by atoms with van der Waals surface area (Å²) in [5.41, 5.74) is 1.34. The number of halogens is 1. The molecule has 2 aromatic heterocycles. The number of carbonyl (C=O) groups excluding carboxylic acids is 1. The largest absolute Gasteiger partial charge is 0.484 e. The first kappa shape index (κ1) is 19.1. The van der Waals surface area contributed by atoms with Crippen LogP contribution in [0.1, 0.15) is 35.1 Å². The molecule has 3 heterocycles. The van der Waals surface area contributed by atoms with Gasteiger partial charge in [0.25, 0.3) is 5.91 Å². The molecule has 1 fully saturated rings. The van der Waals surface area contributed by atoms with Gasteiger partial charge in [-0.3, -0.25) is 14.5 Å². The summed E-state index contributed by atoms with van der Waals surface area (Å²) in [5, 5.41) is 10.4. The Labute approximate surface area is 167 Å². The van der Waals surface area contributed by atoms with Gasteiger partial charge in [-0.1, -0.05) is 6.07 Å². The Morgan fingerprint density at radius 3 is 3.00 bits per heavy atom. The Bertz CT molecular complexity index is 970. The molecule has 1 atom stereocenters. The molecule has 1 aliphatic heterocycles. The fraction of sp³-hybridized carbons (Fsp3) is 0.286. The topological polar surface area (TPSA) is 81.1 Å². The van der Waals surface area contributed by atoms with Gasteiger partial charge >= 0.3 is 0 Å². The van der Waals surface area contributed by atoms with Crippen molar-refractivity contribution in [2.24, 2.45) is 0 Å². The number of anilines is 1. The zero-order valence-corrected chi connectivity index (χ0v) is 15.8. The number of nitrogens with zero attached hydrogens (tertiary/aromatic N) is 3. The fourth-order valence-electron chi connectivity index (χ4n) is 3.25. The van der Waals surface area contributed by atoms with Crippen molar-refractivity contribution in [2.75, 3.05) is 18.4 Å². The average molecular weight is 395 g/mol. The van der Waals surface area contributed by atoms with Gasteiger partial charge in [-0.2, -0.15) is 5.10 Å². The summed E-state index contributed by atoms with van der Waals surface area (Å²) < 4.78 is 21.6. The van der Waals surface area contributed by atoms with Gasteiger partial charge < -0.3 is 15.4 Å². The molecule has 0 aliphatic carbocycles. The van der Waals surface area contributed by atoms with Crippen molar-refractivity contribution in [3.8, 4) is 5.75 Å².